The highest BCUT2D eigenvalue weighted by molar-refractivity contribution is 5.52. The van der Waals surface area contributed by atoms with E-state index >= 15 is 0 Å². The van der Waals surface area contributed by atoms with Crippen LogP contribution in [0.15, 0.2) is 12.1 Å². The molecule has 0 spiro atoms. The number of halogens is 1. The smallest absolute Gasteiger partial charge is 0.166 e. The van der Waals surface area contributed by atoms with Gasteiger partial charge < -0.3 is 14.8 Å². The summed E-state index contributed by atoms with van der Waals surface area (Å²) in [4.78, 5) is 0. The zero-order chi connectivity index (χ0) is 14.2. The van der Waals surface area contributed by atoms with Crippen molar-refractivity contribution in [2.75, 3.05) is 19.8 Å². The van der Waals surface area contributed by atoms with E-state index in [2.05, 4.69) is 5.32 Å². The summed E-state index contributed by atoms with van der Waals surface area (Å²) in [5.74, 6) is 1.48. The normalized spacial score (nSPS) is 22.6. The molecule has 4 heteroatoms. The maximum atomic E-state index is 14.3. The number of ether oxygens (including phenoxy) is 2. The monoisotopic (exact) mass is 279 g/mol. The summed E-state index contributed by atoms with van der Waals surface area (Å²) in [6.07, 6.45) is 3.45. The molecule has 1 unspecified atom stereocenters. The van der Waals surface area contributed by atoms with E-state index < -0.39 is 5.67 Å². The SMILES string of the molecule is CC(C)(F)c1cc2c(c(C3CCCCN3)c1)OCCO2. The molecule has 2 heterocycles. The van der Waals surface area contributed by atoms with Gasteiger partial charge in [0.15, 0.2) is 11.5 Å². The Bertz CT molecular complexity index is 490. The molecule has 20 heavy (non-hydrogen) atoms. The number of piperidine rings is 1. The van der Waals surface area contributed by atoms with Crippen molar-refractivity contribution < 1.29 is 13.9 Å². The highest BCUT2D eigenvalue weighted by atomic mass is 19.1. The van der Waals surface area contributed by atoms with Crippen LogP contribution >= 0.6 is 0 Å². The number of benzene rings is 1. The average molecular weight is 279 g/mol. The summed E-state index contributed by atoms with van der Waals surface area (Å²) >= 11 is 0. The lowest BCUT2D eigenvalue weighted by atomic mass is 9.91. The fourth-order valence-electron chi connectivity index (χ4n) is 2.90. The van der Waals surface area contributed by atoms with Gasteiger partial charge in [0.25, 0.3) is 0 Å². The lowest BCUT2D eigenvalue weighted by Crippen LogP contribution is -2.29. The maximum absolute atomic E-state index is 14.3. The molecule has 0 radical (unpaired) electrons. The summed E-state index contributed by atoms with van der Waals surface area (Å²) in [6, 6.07) is 3.96. The molecule has 1 N–H and O–H groups in total. The molecular formula is C16H22FNO2. The van der Waals surface area contributed by atoms with Gasteiger partial charge in [0.1, 0.15) is 18.9 Å². The summed E-state index contributed by atoms with van der Waals surface area (Å²) < 4.78 is 25.8. The highest BCUT2D eigenvalue weighted by Gasteiger charge is 2.28. The molecule has 0 amide bonds. The van der Waals surface area contributed by atoms with Gasteiger partial charge in [-0.3, -0.25) is 0 Å². The topological polar surface area (TPSA) is 30.5 Å². The molecule has 0 aromatic heterocycles. The molecule has 1 atom stereocenters. The Labute approximate surface area is 119 Å². The molecule has 3 rings (SSSR count). The van der Waals surface area contributed by atoms with Crippen molar-refractivity contribution >= 4 is 0 Å². The predicted octanol–water partition coefficient (Wildman–Crippen LogP) is 3.48. The molecule has 1 saturated heterocycles. The highest BCUT2D eigenvalue weighted by Crippen LogP contribution is 2.43. The fraction of sp³-hybridized carbons (Fsp3) is 0.625. The molecular weight excluding hydrogens is 257 g/mol. The molecule has 1 aromatic carbocycles. The van der Waals surface area contributed by atoms with Gasteiger partial charge in [0.05, 0.1) is 0 Å². The van der Waals surface area contributed by atoms with Crippen LogP contribution in [0, 0.1) is 0 Å². The fourth-order valence-corrected chi connectivity index (χ4v) is 2.90. The van der Waals surface area contributed by atoms with Gasteiger partial charge in [-0.05, 0) is 50.9 Å². The zero-order valence-electron chi connectivity index (χ0n) is 12.2. The van der Waals surface area contributed by atoms with Crippen LogP contribution in [0.25, 0.3) is 0 Å². The van der Waals surface area contributed by atoms with Crippen molar-refractivity contribution in [1.82, 2.24) is 5.32 Å². The number of alkyl halides is 1. The van der Waals surface area contributed by atoms with E-state index in [1.165, 1.54) is 12.8 Å². The minimum atomic E-state index is -1.38. The lowest BCUT2D eigenvalue weighted by Gasteiger charge is -2.30. The van der Waals surface area contributed by atoms with Crippen molar-refractivity contribution in [1.29, 1.82) is 0 Å². The molecule has 0 bridgehead atoms. The van der Waals surface area contributed by atoms with Crippen LogP contribution in [-0.4, -0.2) is 19.8 Å². The average Bonchev–Trinajstić information content (AvgIpc) is 2.46. The van der Waals surface area contributed by atoms with E-state index in [9.17, 15) is 4.39 Å². The first-order chi connectivity index (χ1) is 9.55. The predicted molar refractivity (Wildman–Crippen MR) is 76.2 cm³/mol. The Hall–Kier alpha value is -1.29. The third-order valence-electron chi connectivity index (χ3n) is 4.04. The quantitative estimate of drug-likeness (QED) is 0.899. The van der Waals surface area contributed by atoms with Gasteiger partial charge >= 0.3 is 0 Å². The Kier molecular flexibility index (Phi) is 3.59. The Morgan fingerprint density at radius 2 is 2.00 bits per heavy atom. The first kappa shape index (κ1) is 13.7. The summed E-state index contributed by atoms with van der Waals surface area (Å²) in [7, 11) is 0. The van der Waals surface area contributed by atoms with E-state index in [-0.39, 0.29) is 6.04 Å². The minimum absolute atomic E-state index is 0.237. The van der Waals surface area contributed by atoms with E-state index in [1.54, 1.807) is 19.9 Å². The Balaban J connectivity index is 2.05. The maximum Gasteiger partial charge on any atom is 0.166 e. The van der Waals surface area contributed by atoms with Crippen LogP contribution in [0.2, 0.25) is 0 Å². The van der Waals surface area contributed by atoms with Crippen LogP contribution in [0.5, 0.6) is 11.5 Å². The Morgan fingerprint density at radius 1 is 1.20 bits per heavy atom. The zero-order valence-corrected chi connectivity index (χ0v) is 12.2. The van der Waals surface area contributed by atoms with Crippen molar-refractivity contribution in [3.63, 3.8) is 0 Å². The van der Waals surface area contributed by atoms with Crippen LogP contribution in [0.3, 0.4) is 0 Å². The van der Waals surface area contributed by atoms with Gasteiger partial charge in [0, 0.05) is 11.6 Å². The minimum Gasteiger partial charge on any atom is -0.486 e. The number of hydrogen-bond donors (Lipinski definition) is 1. The number of nitrogens with one attached hydrogen (secondary N) is 1. The summed E-state index contributed by atoms with van der Waals surface area (Å²) in [6.45, 7) is 5.25. The first-order valence-corrected chi connectivity index (χ1v) is 7.42. The van der Waals surface area contributed by atoms with Gasteiger partial charge in [-0.25, -0.2) is 4.39 Å². The van der Waals surface area contributed by atoms with E-state index in [0.29, 0.717) is 24.5 Å². The number of rotatable bonds is 2. The third-order valence-corrected chi connectivity index (χ3v) is 4.04. The summed E-state index contributed by atoms with van der Waals surface area (Å²) in [5, 5.41) is 3.51. The van der Waals surface area contributed by atoms with Gasteiger partial charge in [-0.2, -0.15) is 0 Å². The molecule has 0 saturated carbocycles. The summed E-state index contributed by atoms with van der Waals surface area (Å²) in [5.41, 5.74) is 0.325. The van der Waals surface area contributed by atoms with Gasteiger partial charge in [0.2, 0.25) is 0 Å². The van der Waals surface area contributed by atoms with E-state index in [4.69, 9.17) is 9.47 Å². The van der Waals surface area contributed by atoms with Crippen LogP contribution in [-0.2, 0) is 5.67 Å². The lowest BCUT2D eigenvalue weighted by molar-refractivity contribution is 0.165. The number of hydrogen-bond acceptors (Lipinski definition) is 3. The number of fused-ring (bicyclic) bond motifs is 1. The molecule has 1 aromatic rings. The molecule has 110 valence electrons. The van der Waals surface area contributed by atoms with Crippen LogP contribution < -0.4 is 14.8 Å². The molecule has 1 fully saturated rings. The van der Waals surface area contributed by atoms with Crippen molar-refractivity contribution in [2.45, 2.75) is 44.8 Å². The second-order valence-electron chi connectivity index (χ2n) is 6.06. The van der Waals surface area contributed by atoms with Gasteiger partial charge in [-0.15, -0.1) is 0 Å². The molecule has 0 aliphatic carbocycles. The molecule has 3 nitrogen and oxygen atoms in total. The molecule has 2 aliphatic heterocycles. The largest absolute Gasteiger partial charge is 0.486 e. The van der Waals surface area contributed by atoms with Crippen LogP contribution in [0.1, 0.15) is 50.3 Å². The third kappa shape index (κ3) is 2.62. The standard InChI is InChI=1S/C16H22FNO2/c1-16(2,17)11-9-12(13-5-3-4-6-18-13)15-14(10-11)19-7-8-20-15/h9-10,13,18H,3-8H2,1-2H3. The van der Waals surface area contributed by atoms with Crippen molar-refractivity contribution in [3.8, 4) is 11.5 Å². The first-order valence-electron chi connectivity index (χ1n) is 7.42. The van der Waals surface area contributed by atoms with Gasteiger partial charge in [-0.1, -0.05) is 6.42 Å². The second-order valence-corrected chi connectivity index (χ2v) is 6.06. The molecule has 2 aliphatic rings. The van der Waals surface area contributed by atoms with E-state index in [0.717, 1.165) is 24.3 Å². The Morgan fingerprint density at radius 3 is 2.70 bits per heavy atom. The van der Waals surface area contributed by atoms with Crippen LogP contribution in [0.4, 0.5) is 4.39 Å². The second kappa shape index (κ2) is 5.24. The van der Waals surface area contributed by atoms with Crippen molar-refractivity contribution in [3.05, 3.63) is 23.3 Å². The van der Waals surface area contributed by atoms with Crippen molar-refractivity contribution in [2.24, 2.45) is 0 Å². The van der Waals surface area contributed by atoms with E-state index in [1.807, 2.05) is 6.07 Å².